The average Bonchev–Trinajstić information content (AvgIpc) is 2.42. The van der Waals surface area contributed by atoms with Crippen LogP contribution in [0.1, 0.15) is 47.0 Å². The van der Waals surface area contributed by atoms with E-state index >= 15 is 0 Å². The van der Waals surface area contributed by atoms with Crippen LogP contribution in [0.4, 0.5) is 0 Å². The van der Waals surface area contributed by atoms with Crippen LogP contribution in [0.5, 0.6) is 0 Å². The highest BCUT2D eigenvalue weighted by Crippen LogP contribution is 2.81. The number of carbonyl (C=O) groups excluding carboxylic acids is 1. The van der Waals surface area contributed by atoms with Crippen LogP contribution in [-0.2, 0) is 4.79 Å². The van der Waals surface area contributed by atoms with Gasteiger partial charge in [0.1, 0.15) is 5.78 Å². The van der Waals surface area contributed by atoms with E-state index in [9.17, 15) is 4.79 Å². The molecule has 0 bridgehead atoms. The molecule has 18 heavy (non-hydrogen) atoms. The van der Waals surface area contributed by atoms with Gasteiger partial charge in [-0.25, -0.2) is 0 Å². The second-order valence-corrected chi connectivity index (χ2v) is 9.38. The summed E-state index contributed by atoms with van der Waals surface area (Å²) >= 11 is 7.61. The van der Waals surface area contributed by atoms with Crippen LogP contribution >= 0.6 is 31.9 Å². The summed E-state index contributed by atoms with van der Waals surface area (Å²) in [6, 6.07) is 0. The lowest BCUT2D eigenvalue weighted by Crippen LogP contribution is -2.66. The summed E-state index contributed by atoms with van der Waals surface area (Å²) in [5.41, 5.74) is 0.836. The number of alkyl halides is 2. The van der Waals surface area contributed by atoms with Gasteiger partial charge < -0.3 is 0 Å². The zero-order valence-corrected chi connectivity index (χ0v) is 14.8. The Morgan fingerprint density at radius 1 is 1.11 bits per heavy atom. The van der Waals surface area contributed by atoms with Gasteiger partial charge in [0.2, 0.25) is 0 Å². The predicted molar refractivity (Wildman–Crippen MR) is 81.3 cm³/mol. The fraction of sp³-hybridized carbons (Fsp3) is 0.933. The fourth-order valence-corrected chi connectivity index (χ4v) is 8.08. The average molecular weight is 378 g/mol. The van der Waals surface area contributed by atoms with Gasteiger partial charge in [-0.1, -0.05) is 59.6 Å². The van der Waals surface area contributed by atoms with Crippen LogP contribution in [0.15, 0.2) is 0 Å². The molecular weight excluding hydrogens is 356 g/mol. The molecule has 3 saturated carbocycles. The van der Waals surface area contributed by atoms with E-state index in [1.807, 2.05) is 0 Å². The number of Topliss-reactive ketones (excluding diaryl/α,β-unsaturated/α-hetero) is 1. The topological polar surface area (TPSA) is 17.1 Å². The van der Waals surface area contributed by atoms with Gasteiger partial charge in [-0.15, -0.1) is 0 Å². The summed E-state index contributed by atoms with van der Waals surface area (Å²) in [6.45, 7) is 9.30. The van der Waals surface area contributed by atoms with Crippen LogP contribution in [0.2, 0.25) is 0 Å². The Kier molecular flexibility index (Phi) is 2.75. The maximum atomic E-state index is 12.6. The molecule has 0 aliphatic heterocycles. The van der Waals surface area contributed by atoms with Crippen molar-refractivity contribution < 1.29 is 4.79 Å². The third-order valence-corrected chi connectivity index (χ3v) is 9.83. The first kappa shape index (κ1) is 13.6. The monoisotopic (exact) mass is 376 g/mol. The number of rotatable bonds is 0. The van der Waals surface area contributed by atoms with E-state index < -0.39 is 0 Å². The Morgan fingerprint density at radius 3 is 2.22 bits per heavy atom. The SMILES string of the molecule is CC1C(Br)C(=O)C(C)C23CCC2(C)C(Br)CC13C. The van der Waals surface area contributed by atoms with Crippen molar-refractivity contribution in [2.45, 2.75) is 56.6 Å². The predicted octanol–water partition coefficient (Wildman–Crippen LogP) is 4.56. The molecule has 3 rings (SSSR count). The quantitative estimate of drug-likeness (QED) is 0.565. The van der Waals surface area contributed by atoms with Crippen molar-refractivity contribution in [3.05, 3.63) is 0 Å². The zero-order chi connectivity index (χ0) is 13.5. The molecule has 3 fully saturated rings. The van der Waals surface area contributed by atoms with Crippen molar-refractivity contribution in [1.29, 1.82) is 0 Å². The minimum atomic E-state index is 0.0470. The van der Waals surface area contributed by atoms with E-state index in [0.29, 0.717) is 21.9 Å². The highest BCUT2D eigenvalue weighted by atomic mass is 79.9. The molecule has 0 heterocycles. The lowest BCUT2D eigenvalue weighted by Gasteiger charge is -2.67. The summed E-state index contributed by atoms with van der Waals surface area (Å²) in [5, 5.41) is 0. The Balaban J connectivity index is 2.18. The molecule has 7 unspecified atom stereocenters. The number of hydrogen-bond acceptors (Lipinski definition) is 1. The zero-order valence-electron chi connectivity index (χ0n) is 11.6. The van der Waals surface area contributed by atoms with Gasteiger partial charge in [0.25, 0.3) is 0 Å². The molecule has 3 heteroatoms. The summed E-state index contributed by atoms with van der Waals surface area (Å²) in [4.78, 5) is 13.2. The lowest BCUT2D eigenvalue weighted by atomic mass is 9.37. The van der Waals surface area contributed by atoms with Gasteiger partial charge in [0.15, 0.2) is 0 Å². The summed E-state index contributed by atoms with van der Waals surface area (Å²) < 4.78 is 0. The highest BCUT2D eigenvalue weighted by molar-refractivity contribution is 9.10. The van der Waals surface area contributed by atoms with Crippen molar-refractivity contribution >= 4 is 37.6 Å². The summed E-state index contributed by atoms with van der Waals surface area (Å²) in [5.74, 6) is 1.07. The maximum Gasteiger partial charge on any atom is 0.150 e. The van der Waals surface area contributed by atoms with E-state index in [-0.39, 0.29) is 21.6 Å². The first-order chi connectivity index (χ1) is 8.22. The first-order valence-corrected chi connectivity index (χ1v) is 8.87. The minimum absolute atomic E-state index is 0.0470. The van der Waals surface area contributed by atoms with E-state index in [1.165, 1.54) is 19.3 Å². The molecule has 0 saturated heterocycles. The Labute approximate surface area is 127 Å². The van der Waals surface area contributed by atoms with Crippen LogP contribution in [-0.4, -0.2) is 15.4 Å². The summed E-state index contributed by atoms with van der Waals surface area (Å²) in [7, 11) is 0. The number of carbonyl (C=O) groups is 1. The second kappa shape index (κ2) is 3.63. The van der Waals surface area contributed by atoms with Crippen LogP contribution in [0.3, 0.4) is 0 Å². The molecule has 1 spiro atoms. The molecule has 0 aromatic heterocycles. The maximum absolute atomic E-state index is 12.6. The molecule has 7 atom stereocenters. The number of halogens is 2. The molecule has 3 aliphatic carbocycles. The first-order valence-electron chi connectivity index (χ1n) is 7.04. The van der Waals surface area contributed by atoms with Crippen molar-refractivity contribution in [3.63, 3.8) is 0 Å². The molecule has 102 valence electrons. The van der Waals surface area contributed by atoms with E-state index in [2.05, 4.69) is 59.6 Å². The van der Waals surface area contributed by atoms with Gasteiger partial charge in [0.05, 0.1) is 4.83 Å². The molecule has 0 aromatic rings. The van der Waals surface area contributed by atoms with Crippen LogP contribution in [0, 0.1) is 28.1 Å². The normalized spacial score (nSPS) is 63.1. The number of hydrogen-bond donors (Lipinski definition) is 0. The number of ketones is 1. The molecule has 3 aliphatic rings. The standard InChI is InChI=1S/C15H22Br2O/c1-8-11(17)12(18)9(2)15-6-5-13(15,3)10(16)7-14(8,15)4/h8-11H,5-7H2,1-4H3. The van der Waals surface area contributed by atoms with Crippen LogP contribution < -0.4 is 0 Å². The van der Waals surface area contributed by atoms with Crippen molar-refractivity contribution in [1.82, 2.24) is 0 Å². The van der Waals surface area contributed by atoms with Gasteiger partial charge in [0, 0.05) is 10.7 Å². The highest BCUT2D eigenvalue weighted by Gasteiger charge is 2.77. The fourth-order valence-electron chi connectivity index (χ4n) is 5.79. The molecular formula is C15H22Br2O. The Morgan fingerprint density at radius 2 is 1.72 bits per heavy atom. The van der Waals surface area contributed by atoms with Gasteiger partial charge in [-0.05, 0) is 41.4 Å². The van der Waals surface area contributed by atoms with Gasteiger partial charge in [-0.3, -0.25) is 4.79 Å². The van der Waals surface area contributed by atoms with Gasteiger partial charge >= 0.3 is 0 Å². The Hall–Kier alpha value is 0.630. The third-order valence-electron chi connectivity index (χ3n) is 7.25. The third kappa shape index (κ3) is 1.11. The second-order valence-electron chi connectivity index (χ2n) is 7.29. The van der Waals surface area contributed by atoms with E-state index in [4.69, 9.17) is 0 Å². The van der Waals surface area contributed by atoms with E-state index in [1.54, 1.807) is 0 Å². The smallest absolute Gasteiger partial charge is 0.150 e. The molecule has 0 N–H and O–H groups in total. The molecule has 0 aromatic carbocycles. The van der Waals surface area contributed by atoms with Crippen molar-refractivity contribution in [2.24, 2.45) is 28.1 Å². The lowest BCUT2D eigenvalue weighted by molar-refractivity contribution is -0.189. The molecule has 0 radical (unpaired) electrons. The minimum Gasteiger partial charge on any atom is -0.298 e. The largest absolute Gasteiger partial charge is 0.298 e. The van der Waals surface area contributed by atoms with Crippen LogP contribution in [0.25, 0.3) is 0 Å². The van der Waals surface area contributed by atoms with Crippen molar-refractivity contribution in [2.75, 3.05) is 0 Å². The van der Waals surface area contributed by atoms with Crippen molar-refractivity contribution in [3.8, 4) is 0 Å². The molecule has 0 amide bonds. The van der Waals surface area contributed by atoms with E-state index in [0.717, 1.165) is 0 Å². The Bertz CT molecular complexity index is 423. The molecule has 1 nitrogen and oxygen atoms in total. The summed E-state index contributed by atoms with van der Waals surface area (Å²) in [6.07, 6.45) is 3.72. The van der Waals surface area contributed by atoms with Gasteiger partial charge in [-0.2, -0.15) is 0 Å².